The van der Waals surface area contributed by atoms with E-state index >= 15 is 0 Å². The zero-order valence-corrected chi connectivity index (χ0v) is 17.0. The van der Waals surface area contributed by atoms with E-state index in [1.165, 1.54) is 4.90 Å². The first-order valence-corrected chi connectivity index (χ1v) is 10.5. The first-order chi connectivity index (χ1) is 12.9. The van der Waals surface area contributed by atoms with E-state index in [-0.39, 0.29) is 23.9 Å². The third kappa shape index (κ3) is 4.13. The zero-order valence-electron chi connectivity index (χ0n) is 17.0. The molecule has 7 heteroatoms. The lowest BCUT2D eigenvalue weighted by atomic mass is 9.87. The SMILES string of the molecule is CCCN1CCC2(CC1)NC(=O)N([C@H]1CCCN(C(=O)CC(C)C)C1)C2=O. The molecule has 3 saturated heterocycles. The summed E-state index contributed by atoms with van der Waals surface area (Å²) in [5.74, 6) is 0.363. The molecule has 0 aromatic carbocycles. The maximum absolute atomic E-state index is 13.2. The van der Waals surface area contributed by atoms with E-state index in [1.807, 2.05) is 18.7 Å². The Morgan fingerprint density at radius 2 is 1.93 bits per heavy atom. The number of urea groups is 1. The first-order valence-electron chi connectivity index (χ1n) is 10.5. The number of nitrogens with one attached hydrogen (secondary N) is 1. The van der Waals surface area contributed by atoms with Crippen LogP contribution in [-0.4, -0.2) is 76.8 Å². The maximum atomic E-state index is 13.2. The Morgan fingerprint density at radius 1 is 1.22 bits per heavy atom. The number of hydrogen-bond acceptors (Lipinski definition) is 4. The fourth-order valence-corrected chi connectivity index (χ4v) is 4.66. The van der Waals surface area contributed by atoms with Crippen molar-refractivity contribution in [3.8, 4) is 0 Å². The summed E-state index contributed by atoms with van der Waals surface area (Å²) in [6.45, 7) is 10.2. The third-order valence-electron chi connectivity index (χ3n) is 6.14. The Hall–Kier alpha value is -1.63. The fourth-order valence-electron chi connectivity index (χ4n) is 4.66. The molecule has 152 valence electrons. The van der Waals surface area contributed by atoms with Gasteiger partial charge in [0.2, 0.25) is 5.91 Å². The topological polar surface area (TPSA) is 73.0 Å². The number of hydrogen-bond donors (Lipinski definition) is 1. The lowest BCUT2D eigenvalue weighted by Gasteiger charge is -2.39. The van der Waals surface area contributed by atoms with Crippen LogP contribution in [0.4, 0.5) is 4.79 Å². The van der Waals surface area contributed by atoms with Gasteiger partial charge in [-0.05, 0) is 44.6 Å². The maximum Gasteiger partial charge on any atom is 0.325 e. The van der Waals surface area contributed by atoms with Crippen LogP contribution in [0.15, 0.2) is 0 Å². The second-order valence-electron chi connectivity index (χ2n) is 8.76. The molecular formula is C20H34N4O3. The highest BCUT2D eigenvalue weighted by atomic mass is 16.2. The van der Waals surface area contributed by atoms with Gasteiger partial charge < -0.3 is 15.1 Å². The molecule has 0 bridgehead atoms. The van der Waals surface area contributed by atoms with Crippen molar-refractivity contribution in [1.82, 2.24) is 20.0 Å². The summed E-state index contributed by atoms with van der Waals surface area (Å²) < 4.78 is 0. The van der Waals surface area contributed by atoms with Crippen molar-refractivity contribution in [3.05, 3.63) is 0 Å². The van der Waals surface area contributed by atoms with Crippen molar-refractivity contribution in [2.45, 2.75) is 70.9 Å². The Kier molecular flexibility index (Phi) is 6.08. The smallest absolute Gasteiger partial charge is 0.325 e. The molecule has 7 nitrogen and oxygen atoms in total. The monoisotopic (exact) mass is 378 g/mol. The predicted molar refractivity (Wildman–Crippen MR) is 103 cm³/mol. The fraction of sp³-hybridized carbons (Fsp3) is 0.850. The van der Waals surface area contributed by atoms with E-state index in [2.05, 4.69) is 17.1 Å². The molecule has 3 aliphatic heterocycles. The lowest BCUT2D eigenvalue weighted by molar-refractivity contribution is -0.139. The normalized spacial score (nSPS) is 26.1. The van der Waals surface area contributed by atoms with E-state index in [0.29, 0.717) is 31.7 Å². The lowest BCUT2D eigenvalue weighted by Crippen LogP contribution is -2.56. The van der Waals surface area contributed by atoms with Gasteiger partial charge in [-0.15, -0.1) is 0 Å². The summed E-state index contributed by atoms with van der Waals surface area (Å²) in [5.41, 5.74) is -0.731. The Labute approximate surface area is 162 Å². The van der Waals surface area contributed by atoms with Gasteiger partial charge in [-0.1, -0.05) is 20.8 Å². The minimum Gasteiger partial charge on any atom is -0.341 e. The molecule has 0 saturated carbocycles. The zero-order chi connectivity index (χ0) is 19.6. The highest BCUT2D eigenvalue weighted by molar-refractivity contribution is 6.07. The summed E-state index contributed by atoms with van der Waals surface area (Å²) in [5, 5.41) is 3.01. The predicted octanol–water partition coefficient (Wildman–Crippen LogP) is 1.82. The van der Waals surface area contributed by atoms with Crippen molar-refractivity contribution < 1.29 is 14.4 Å². The molecule has 0 unspecified atom stereocenters. The molecule has 3 rings (SSSR count). The number of nitrogens with zero attached hydrogens (tertiary/aromatic N) is 3. The largest absolute Gasteiger partial charge is 0.341 e. The number of amides is 4. The average molecular weight is 379 g/mol. The van der Waals surface area contributed by atoms with E-state index in [1.54, 1.807) is 0 Å². The number of rotatable bonds is 5. The van der Waals surface area contributed by atoms with Gasteiger partial charge in [0, 0.05) is 32.6 Å². The Balaban J connectivity index is 1.66. The molecular weight excluding hydrogens is 344 g/mol. The molecule has 1 N–H and O–H groups in total. The van der Waals surface area contributed by atoms with Gasteiger partial charge in [-0.3, -0.25) is 14.5 Å². The van der Waals surface area contributed by atoms with Crippen LogP contribution in [0.1, 0.15) is 59.3 Å². The summed E-state index contributed by atoms with van der Waals surface area (Å²) in [6, 6.07) is -0.470. The number of likely N-dealkylation sites (tertiary alicyclic amines) is 2. The van der Waals surface area contributed by atoms with Crippen LogP contribution in [0, 0.1) is 5.92 Å². The van der Waals surface area contributed by atoms with Gasteiger partial charge in [0.25, 0.3) is 5.91 Å². The molecule has 0 aliphatic carbocycles. The second-order valence-corrected chi connectivity index (χ2v) is 8.76. The van der Waals surface area contributed by atoms with E-state index in [0.717, 1.165) is 45.4 Å². The minimum atomic E-state index is -0.731. The molecule has 1 atom stereocenters. The van der Waals surface area contributed by atoms with Crippen molar-refractivity contribution in [1.29, 1.82) is 0 Å². The first kappa shape index (κ1) is 20.1. The average Bonchev–Trinajstić information content (AvgIpc) is 2.87. The van der Waals surface area contributed by atoms with Gasteiger partial charge in [-0.2, -0.15) is 0 Å². The highest BCUT2D eigenvalue weighted by Crippen LogP contribution is 2.32. The molecule has 1 spiro atoms. The van der Waals surface area contributed by atoms with E-state index < -0.39 is 5.54 Å². The molecule has 0 radical (unpaired) electrons. The molecule has 0 aromatic rings. The number of carbonyl (C=O) groups is 3. The van der Waals surface area contributed by atoms with Crippen LogP contribution in [0.25, 0.3) is 0 Å². The molecule has 0 aromatic heterocycles. The van der Waals surface area contributed by atoms with Gasteiger partial charge in [-0.25, -0.2) is 4.79 Å². The van der Waals surface area contributed by atoms with Gasteiger partial charge in [0.1, 0.15) is 5.54 Å². The van der Waals surface area contributed by atoms with Crippen molar-refractivity contribution in [3.63, 3.8) is 0 Å². The highest BCUT2D eigenvalue weighted by Gasteiger charge is 2.54. The van der Waals surface area contributed by atoms with Crippen molar-refractivity contribution in [2.75, 3.05) is 32.7 Å². The standard InChI is InChI=1S/C20H34N4O3/c1-4-9-22-11-7-20(8-12-22)18(26)24(19(27)21-20)16-6-5-10-23(14-16)17(25)13-15(2)3/h15-16H,4-14H2,1-3H3,(H,21,27)/t16-/m0/s1. The third-order valence-corrected chi connectivity index (χ3v) is 6.14. The van der Waals surface area contributed by atoms with Crippen molar-refractivity contribution >= 4 is 17.8 Å². The van der Waals surface area contributed by atoms with Crippen LogP contribution in [0.2, 0.25) is 0 Å². The van der Waals surface area contributed by atoms with E-state index in [4.69, 9.17) is 0 Å². The van der Waals surface area contributed by atoms with Crippen LogP contribution in [-0.2, 0) is 9.59 Å². The van der Waals surface area contributed by atoms with Crippen LogP contribution >= 0.6 is 0 Å². The summed E-state index contributed by atoms with van der Waals surface area (Å²) >= 11 is 0. The summed E-state index contributed by atoms with van der Waals surface area (Å²) in [7, 11) is 0. The quantitative estimate of drug-likeness (QED) is 0.741. The number of piperidine rings is 2. The second kappa shape index (κ2) is 8.17. The van der Waals surface area contributed by atoms with Crippen molar-refractivity contribution in [2.24, 2.45) is 5.92 Å². The van der Waals surface area contributed by atoms with Gasteiger partial charge in [0.15, 0.2) is 0 Å². The molecule has 3 heterocycles. The van der Waals surface area contributed by atoms with Crippen LogP contribution < -0.4 is 5.32 Å². The summed E-state index contributed by atoms with van der Waals surface area (Å²) in [4.78, 5) is 44.0. The Morgan fingerprint density at radius 3 is 2.56 bits per heavy atom. The molecule has 4 amide bonds. The number of imide groups is 1. The van der Waals surface area contributed by atoms with Gasteiger partial charge in [0.05, 0.1) is 6.04 Å². The van der Waals surface area contributed by atoms with Crippen LogP contribution in [0.5, 0.6) is 0 Å². The Bertz CT molecular complexity index is 584. The van der Waals surface area contributed by atoms with Crippen LogP contribution in [0.3, 0.4) is 0 Å². The molecule has 3 aliphatic rings. The molecule has 27 heavy (non-hydrogen) atoms. The van der Waals surface area contributed by atoms with Gasteiger partial charge >= 0.3 is 6.03 Å². The minimum absolute atomic E-state index is 0.0770. The van der Waals surface area contributed by atoms with E-state index in [9.17, 15) is 14.4 Å². The summed E-state index contributed by atoms with van der Waals surface area (Å²) in [6.07, 6.45) is 4.59. The molecule has 3 fully saturated rings. The number of carbonyl (C=O) groups excluding carboxylic acids is 3.